The van der Waals surface area contributed by atoms with Gasteiger partial charge in [-0.15, -0.1) is 11.8 Å². The van der Waals surface area contributed by atoms with Crippen molar-refractivity contribution in [2.75, 3.05) is 10.6 Å². The summed E-state index contributed by atoms with van der Waals surface area (Å²) in [5.41, 5.74) is 4.10. The van der Waals surface area contributed by atoms with Gasteiger partial charge in [-0.25, -0.2) is 0 Å². The third-order valence-electron chi connectivity index (χ3n) is 5.47. The maximum atomic E-state index is 13.3. The van der Waals surface area contributed by atoms with E-state index in [1.165, 1.54) is 11.8 Å². The second-order valence-electron chi connectivity index (χ2n) is 8.05. The summed E-state index contributed by atoms with van der Waals surface area (Å²) in [5.74, 6) is -0.207. The Kier molecular flexibility index (Phi) is 8.24. The molecule has 0 aromatic heterocycles. The third-order valence-corrected chi connectivity index (χ3v) is 7.14. The van der Waals surface area contributed by atoms with Crippen molar-refractivity contribution in [1.82, 2.24) is 0 Å². The number of amides is 2. The number of rotatable bonds is 8. The molecule has 176 valence electrons. The van der Waals surface area contributed by atoms with E-state index in [1.807, 2.05) is 104 Å². The second-order valence-corrected chi connectivity index (χ2v) is 9.63. The minimum Gasteiger partial charge on any atom is -0.326 e. The van der Waals surface area contributed by atoms with Gasteiger partial charge < -0.3 is 10.6 Å². The molecule has 0 aliphatic heterocycles. The van der Waals surface area contributed by atoms with Crippen LogP contribution in [-0.4, -0.2) is 11.8 Å². The molecule has 0 saturated heterocycles. The lowest BCUT2D eigenvalue weighted by atomic mass is 10.1. The second kappa shape index (κ2) is 11.7. The Hall–Kier alpha value is -3.54. The SMILES string of the molecule is Cc1c(Cl)cccc1NC(=O)C(Sc1ccc(NC(=O)Cc2ccccc2)cc1)c1ccccc1. The molecule has 1 atom stereocenters. The number of halogens is 1. The number of carbonyl (C=O) groups is 2. The minimum absolute atomic E-state index is 0.0740. The van der Waals surface area contributed by atoms with E-state index in [9.17, 15) is 9.59 Å². The van der Waals surface area contributed by atoms with Crippen LogP contribution >= 0.6 is 23.4 Å². The molecule has 6 heteroatoms. The molecule has 4 aromatic carbocycles. The molecule has 4 aromatic rings. The zero-order valence-electron chi connectivity index (χ0n) is 19.2. The molecule has 0 heterocycles. The fourth-order valence-electron chi connectivity index (χ4n) is 3.58. The first-order valence-electron chi connectivity index (χ1n) is 11.2. The van der Waals surface area contributed by atoms with Crippen LogP contribution in [0.3, 0.4) is 0 Å². The van der Waals surface area contributed by atoms with Gasteiger partial charge in [0.15, 0.2) is 0 Å². The molecule has 2 amide bonds. The number of thioether (sulfide) groups is 1. The van der Waals surface area contributed by atoms with Crippen LogP contribution in [0.2, 0.25) is 5.02 Å². The summed E-state index contributed by atoms with van der Waals surface area (Å²) in [6.07, 6.45) is 0.316. The van der Waals surface area contributed by atoms with E-state index in [2.05, 4.69) is 10.6 Å². The molecule has 0 fully saturated rings. The highest BCUT2D eigenvalue weighted by molar-refractivity contribution is 8.00. The Labute approximate surface area is 214 Å². The lowest BCUT2D eigenvalue weighted by molar-refractivity contribution is -0.116. The van der Waals surface area contributed by atoms with Gasteiger partial charge in [-0.3, -0.25) is 9.59 Å². The predicted molar refractivity (Wildman–Crippen MR) is 145 cm³/mol. The lowest BCUT2D eigenvalue weighted by Gasteiger charge is -2.18. The van der Waals surface area contributed by atoms with Crippen LogP contribution in [0.4, 0.5) is 11.4 Å². The van der Waals surface area contributed by atoms with Gasteiger partial charge in [0.05, 0.1) is 6.42 Å². The number of carbonyl (C=O) groups excluding carboxylic acids is 2. The molecule has 0 saturated carbocycles. The smallest absolute Gasteiger partial charge is 0.242 e. The highest BCUT2D eigenvalue weighted by Crippen LogP contribution is 2.37. The highest BCUT2D eigenvalue weighted by atomic mass is 35.5. The van der Waals surface area contributed by atoms with Crippen molar-refractivity contribution in [3.8, 4) is 0 Å². The lowest BCUT2D eigenvalue weighted by Crippen LogP contribution is -2.19. The van der Waals surface area contributed by atoms with Gasteiger partial charge in [0.2, 0.25) is 11.8 Å². The average molecular weight is 501 g/mol. The highest BCUT2D eigenvalue weighted by Gasteiger charge is 2.23. The van der Waals surface area contributed by atoms with E-state index < -0.39 is 5.25 Å². The van der Waals surface area contributed by atoms with Crippen LogP contribution in [0.1, 0.15) is 21.9 Å². The van der Waals surface area contributed by atoms with Gasteiger partial charge in [-0.2, -0.15) is 0 Å². The quantitative estimate of drug-likeness (QED) is 0.249. The summed E-state index contributed by atoms with van der Waals surface area (Å²) >= 11 is 7.68. The van der Waals surface area contributed by atoms with Crippen molar-refractivity contribution < 1.29 is 9.59 Å². The topological polar surface area (TPSA) is 58.2 Å². The zero-order chi connectivity index (χ0) is 24.6. The number of benzene rings is 4. The first-order valence-corrected chi connectivity index (χ1v) is 12.5. The molecule has 0 radical (unpaired) electrons. The zero-order valence-corrected chi connectivity index (χ0v) is 20.8. The monoisotopic (exact) mass is 500 g/mol. The molecule has 2 N–H and O–H groups in total. The van der Waals surface area contributed by atoms with Crippen molar-refractivity contribution in [3.63, 3.8) is 0 Å². The Morgan fingerprint density at radius 2 is 1.46 bits per heavy atom. The van der Waals surface area contributed by atoms with Gasteiger partial charge in [0, 0.05) is 21.3 Å². The maximum Gasteiger partial charge on any atom is 0.242 e. The Morgan fingerprint density at radius 1 is 0.800 bits per heavy atom. The standard InChI is InChI=1S/C29H25ClN2O2S/c1-20-25(30)13-8-14-26(20)32-29(34)28(22-11-6-3-7-12-22)35-24-17-15-23(16-18-24)31-27(33)19-21-9-4-2-5-10-21/h2-18,28H,19H2,1H3,(H,31,33)(H,32,34). The van der Waals surface area contributed by atoms with Gasteiger partial charge in [-0.05, 0) is 60.0 Å². The van der Waals surface area contributed by atoms with Crippen molar-refractivity contribution in [1.29, 1.82) is 0 Å². The van der Waals surface area contributed by atoms with Crippen molar-refractivity contribution in [2.24, 2.45) is 0 Å². The Morgan fingerprint density at radius 3 is 2.14 bits per heavy atom. The molecule has 0 aliphatic rings. The van der Waals surface area contributed by atoms with Crippen LogP contribution in [0.15, 0.2) is 108 Å². The van der Waals surface area contributed by atoms with Crippen LogP contribution in [0.5, 0.6) is 0 Å². The van der Waals surface area contributed by atoms with E-state index in [-0.39, 0.29) is 11.8 Å². The van der Waals surface area contributed by atoms with E-state index in [4.69, 9.17) is 11.6 Å². The number of anilines is 2. The van der Waals surface area contributed by atoms with Crippen molar-refractivity contribution >= 4 is 46.6 Å². The van der Waals surface area contributed by atoms with Crippen molar-refractivity contribution in [3.05, 3.63) is 125 Å². The summed E-state index contributed by atoms with van der Waals surface area (Å²) in [7, 11) is 0. The number of nitrogens with one attached hydrogen (secondary N) is 2. The van der Waals surface area contributed by atoms with Gasteiger partial charge >= 0.3 is 0 Å². The minimum atomic E-state index is -0.465. The van der Waals surface area contributed by atoms with Crippen molar-refractivity contribution in [2.45, 2.75) is 23.5 Å². The van der Waals surface area contributed by atoms with E-state index in [1.54, 1.807) is 6.07 Å². The molecule has 4 nitrogen and oxygen atoms in total. The number of hydrogen-bond acceptors (Lipinski definition) is 3. The molecule has 1 unspecified atom stereocenters. The van der Waals surface area contributed by atoms with Crippen LogP contribution in [0, 0.1) is 6.92 Å². The summed E-state index contributed by atoms with van der Waals surface area (Å²) in [6, 6.07) is 32.3. The van der Waals surface area contributed by atoms with Gasteiger partial charge in [-0.1, -0.05) is 78.3 Å². The van der Waals surface area contributed by atoms with E-state index in [0.29, 0.717) is 22.8 Å². The molecule has 35 heavy (non-hydrogen) atoms. The Balaban J connectivity index is 1.46. The normalized spacial score (nSPS) is 11.5. The fraction of sp³-hybridized carbons (Fsp3) is 0.103. The summed E-state index contributed by atoms with van der Waals surface area (Å²) in [6.45, 7) is 1.88. The van der Waals surface area contributed by atoms with Crippen LogP contribution in [0.25, 0.3) is 0 Å². The third kappa shape index (κ3) is 6.75. The summed E-state index contributed by atoms with van der Waals surface area (Å²) in [5, 5.41) is 6.10. The first kappa shape index (κ1) is 24.6. The van der Waals surface area contributed by atoms with Crippen LogP contribution < -0.4 is 10.6 Å². The molecular formula is C29H25ClN2O2S. The predicted octanol–water partition coefficient (Wildman–Crippen LogP) is 7.30. The first-order chi connectivity index (χ1) is 17.0. The summed E-state index contributed by atoms with van der Waals surface area (Å²) < 4.78 is 0. The summed E-state index contributed by atoms with van der Waals surface area (Å²) in [4.78, 5) is 26.6. The van der Waals surface area contributed by atoms with E-state index in [0.717, 1.165) is 21.6 Å². The van der Waals surface area contributed by atoms with Crippen LogP contribution in [-0.2, 0) is 16.0 Å². The molecule has 0 aliphatic carbocycles. The maximum absolute atomic E-state index is 13.3. The molecular weight excluding hydrogens is 476 g/mol. The fourth-order valence-corrected chi connectivity index (χ4v) is 4.78. The largest absolute Gasteiger partial charge is 0.326 e. The van der Waals surface area contributed by atoms with Gasteiger partial charge in [0.25, 0.3) is 0 Å². The molecule has 0 bridgehead atoms. The Bertz CT molecular complexity index is 1300. The van der Waals surface area contributed by atoms with Gasteiger partial charge in [0.1, 0.15) is 5.25 Å². The number of hydrogen-bond donors (Lipinski definition) is 2. The van der Waals surface area contributed by atoms with E-state index >= 15 is 0 Å². The molecule has 0 spiro atoms. The average Bonchev–Trinajstić information content (AvgIpc) is 2.87. The molecule has 4 rings (SSSR count).